The van der Waals surface area contributed by atoms with E-state index in [4.69, 9.17) is 4.74 Å². The van der Waals surface area contributed by atoms with E-state index < -0.39 is 17.9 Å². The molecule has 0 bridgehead atoms. The molecule has 24 heavy (non-hydrogen) atoms. The van der Waals surface area contributed by atoms with Gasteiger partial charge in [-0.3, -0.25) is 19.9 Å². The zero-order valence-electron chi connectivity index (χ0n) is 13.8. The fourth-order valence-corrected chi connectivity index (χ4v) is 3.12. The Morgan fingerprint density at radius 3 is 2.83 bits per heavy atom. The molecule has 1 N–H and O–H groups in total. The van der Waals surface area contributed by atoms with Gasteiger partial charge in [0.1, 0.15) is 6.04 Å². The van der Waals surface area contributed by atoms with Crippen molar-refractivity contribution in [3.63, 3.8) is 0 Å². The molecule has 1 amide bonds. The summed E-state index contributed by atoms with van der Waals surface area (Å²) in [7, 11) is 0. The van der Waals surface area contributed by atoms with Gasteiger partial charge in [-0.25, -0.2) is 4.99 Å². The maximum absolute atomic E-state index is 12.6. The topological polar surface area (TPSA) is 83.9 Å². The van der Waals surface area contributed by atoms with E-state index >= 15 is 0 Å². The number of carbonyl (C=O) groups excluding carboxylic acids is 2. The summed E-state index contributed by atoms with van der Waals surface area (Å²) in [6, 6.07) is 3.00. The Morgan fingerprint density at radius 1 is 1.38 bits per heavy atom. The average Bonchev–Trinajstić information content (AvgIpc) is 2.62. The highest BCUT2D eigenvalue weighted by Gasteiger charge is 2.42. The Hall–Kier alpha value is -2.44. The number of hydrogen-bond donors (Lipinski definition) is 1. The number of nitrogens with one attached hydrogen (secondary N) is 1. The van der Waals surface area contributed by atoms with Gasteiger partial charge in [0, 0.05) is 25.5 Å². The predicted molar refractivity (Wildman–Crippen MR) is 88.1 cm³/mol. The highest BCUT2D eigenvalue weighted by molar-refractivity contribution is 6.08. The van der Waals surface area contributed by atoms with Crippen LogP contribution in [-0.4, -0.2) is 47.4 Å². The minimum absolute atomic E-state index is 0.227. The molecule has 128 valence electrons. The van der Waals surface area contributed by atoms with E-state index in [2.05, 4.69) is 20.2 Å². The van der Waals surface area contributed by atoms with Crippen molar-refractivity contribution >= 4 is 17.8 Å². The SMILES string of the molecule is CCOC(=O)[C@H]1C(=O)NC(N2CCCCC2)=N[C@H]1c1cccnc1. The van der Waals surface area contributed by atoms with Gasteiger partial charge in [-0.15, -0.1) is 0 Å². The fourth-order valence-electron chi connectivity index (χ4n) is 3.12. The van der Waals surface area contributed by atoms with Crippen molar-refractivity contribution in [2.24, 2.45) is 10.9 Å². The maximum Gasteiger partial charge on any atom is 0.321 e. The van der Waals surface area contributed by atoms with Crippen molar-refractivity contribution in [2.75, 3.05) is 19.7 Å². The van der Waals surface area contributed by atoms with Crippen molar-refractivity contribution in [1.29, 1.82) is 0 Å². The lowest BCUT2D eigenvalue weighted by molar-refractivity contribution is -0.153. The second-order valence-electron chi connectivity index (χ2n) is 5.95. The lowest BCUT2D eigenvalue weighted by Gasteiger charge is -2.35. The molecule has 0 unspecified atom stereocenters. The van der Waals surface area contributed by atoms with Gasteiger partial charge >= 0.3 is 5.97 Å². The molecule has 1 saturated heterocycles. The average molecular weight is 330 g/mol. The summed E-state index contributed by atoms with van der Waals surface area (Å²) in [5.74, 6) is -1.35. The van der Waals surface area contributed by atoms with Gasteiger partial charge in [-0.2, -0.15) is 0 Å². The third-order valence-corrected chi connectivity index (χ3v) is 4.32. The number of amides is 1. The number of ether oxygens (including phenoxy) is 1. The van der Waals surface area contributed by atoms with Crippen molar-refractivity contribution in [3.05, 3.63) is 30.1 Å². The zero-order valence-corrected chi connectivity index (χ0v) is 13.8. The molecule has 7 nitrogen and oxygen atoms in total. The molecular formula is C17H22N4O3. The summed E-state index contributed by atoms with van der Waals surface area (Å²) in [6.07, 6.45) is 6.64. The normalized spacial score (nSPS) is 24.1. The first-order chi connectivity index (χ1) is 11.7. The number of aliphatic imine (C=N–C) groups is 1. The van der Waals surface area contributed by atoms with Crippen molar-refractivity contribution in [2.45, 2.75) is 32.2 Å². The van der Waals surface area contributed by atoms with Gasteiger partial charge in [0.15, 0.2) is 5.92 Å². The van der Waals surface area contributed by atoms with Gasteiger partial charge in [0.25, 0.3) is 0 Å². The van der Waals surface area contributed by atoms with Crippen LogP contribution in [0.1, 0.15) is 37.8 Å². The number of piperidine rings is 1. The number of nitrogens with zero attached hydrogens (tertiary/aromatic N) is 3. The molecule has 0 spiro atoms. The molecule has 7 heteroatoms. The summed E-state index contributed by atoms with van der Waals surface area (Å²) in [4.78, 5) is 35.7. The molecule has 0 aromatic carbocycles. The van der Waals surface area contributed by atoms with E-state index in [0.29, 0.717) is 5.96 Å². The smallest absolute Gasteiger partial charge is 0.321 e. The number of guanidine groups is 1. The minimum Gasteiger partial charge on any atom is -0.465 e. The standard InChI is InChI=1S/C17H22N4O3/c1-2-24-16(23)13-14(12-7-6-8-18-11-12)19-17(20-15(13)22)21-9-4-3-5-10-21/h6-8,11,13-14H,2-5,9-10H2,1H3,(H,19,20,22)/t13-,14+/m1/s1. The number of esters is 1. The zero-order chi connectivity index (χ0) is 16.9. The van der Waals surface area contributed by atoms with Crippen molar-refractivity contribution < 1.29 is 14.3 Å². The first-order valence-corrected chi connectivity index (χ1v) is 8.41. The predicted octanol–water partition coefficient (Wildman–Crippen LogP) is 1.27. The molecule has 3 heterocycles. The molecule has 2 aliphatic rings. The van der Waals surface area contributed by atoms with Crippen LogP contribution in [0.25, 0.3) is 0 Å². The Balaban J connectivity index is 1.94. The Bertz CT molecular complexity index is 626. The Kier molecular flexibility index (Phi) is 5.08. The van der Waals surface area contributed by atoms with Gasteiger partial charge < -0.3 is 9.64 Å². The molecule has 1 aromatic rings. The van der Waals surface area contributed by atoms with Crippen LogP contribution in [0, 0.1) is 5.92 Å². The number of likely N-dealkylation sites (tertiary alicyclic amines) is 1. The molecule has 2 aliphatic heterocycles. The van der Waals surface area contributed by atoms with Gasteiger partial charge in [-0.05, 0) is 37.8 Å². The molecule has 1 aromatic heterocycles. The summed E-state index contributed by atoms with van der Waals surface area (Å²) in [5, 5.41) is 2.79. The van der Waals surface area contributed by atoms with Gasteiger partial charge in [-0.1, -0.05) is 6.07 Å². The molecule has 0 radical (unpaired) electrons. The summed E-state index contributed by atoms with van der Waals surface area (Å²) < 4.78 is 5.08. The molecule has 2 atom stereocenters. The third-order valence-electron chi connectivity index (χ3n) is 4.32. The number of hydrogen-bond acceptors (Lipinski definition) is 6. The molecule has 1 fully saturated rings. The van der Waals surface area contributed by atoms with Crippen LogP contribution < -0.4 is 5.32 Å². The lowest BCUT2D eigenvalue weighted by atomic mass is 9.92. The van der Waals surface area contributed by atoms with E-state index in [1.54, 1.807) is 25.4 Å². The van der Waals surface area contributed by atoms with E-state index in [0.717, 1.165) is 31.5 Å². The first kappa shape index (κ1) is 16.4. The van der Waals surface area contributed by atoms with E-state index in [-0.39, 0.29) is 12.5 Å². The van der Waals surface area contributed by atoms with Crippen LogP contribution >= 0.6 is 0 Å². The molecule has 3 rings (SSSR count). The van der Waals surface area contributed by atoms with Crippen molar-refractivity contribution in [1.82, 2.24) is 15.2 Å². The molecule has 0 saturated carbocycles. The van der Waals surface area contributed by atoms with Crippen molar-refractivity contribution in [3.8, 4) is 0 Å². The Labute approximate surface area is 141 Å². The van der Waals surface area contributed by atoms with Crippen LogP contribution in [0.4, 0.5) is 0 Å². The van der Waals surface area contributed by atoms with Crippen LogP contribution in [-0.2, 0) is 14.3 Å². The van der Waals surface area contributed by atoms with E-state index in [1.165, 1.54) is 6.42 Å². The summed E-state index contributed by atoms with van der Waals surface area (Å²) in [5.41, 5.74) is 0.736. The second kappa shape index (κ2) is 7.42. The molecular weight excluding hydrogens is 308 g/mol. The first-order valence-electron chi connectivity index (χ1n) is 8.41. The number of aromatic nitrogens is 1. The van der Waals surface area contributed by atoms with E-state index in [9.17, 15) is 9.59 Å². The number of pyridine rings is 1. The van der Waals surface area contributed by atoms with Crippen LogP contribution in [0.15, 0.2) is 29.5 Å². The number of rotatable bonds is 3. The highest BCUT2D eigenvalue weighted by atomic mass is 16.5. The summed E-state index contributed by atoms with van der Waals surface area (Å²) in [6.45, 7) is 3.68. The second-order valence-corrected chi connectivity index (χ2v) is 5.95. The van der Waals surface area contributed by atoms with Gasteiger partial charge in [0.2, 0.25) is 11.9 Å². The van der Waals surface area contributed by atoms with Gasteiger partial charge in [0.05, 0.1) is 6.61 Å². The molecule has 0 aliphatic carbocycles. The number of carbonyl (C=O) groups is 2. The van der Waals surface area contributed by atoms with Crippen LogP contribution in [0.5, 0.6) is 0 Å². The lowest BCUT2D eigenvalue weighted by Crippen LogP contribution is -2.53. The summed E-state index contributed by atoms with van der Waals surface area (Å²) >= 11 is 0. The quantitative estimate of drug-likeness (QED) is 0.666. The van der Waals surface area contributed by atoms with E-state index in [1.807, 2.05) is 6.07 Å². The fraction of sp³-hybridized carbons (Fsp3) is 0.529. The Morgan fingerprint density at radius 2 is 2.17 bits per heavy atom. The van der Waals surface area contributed by atoms with Crippen LogP contribution in [0.3, 0.4) is 0 Å². The largest absolute Gasteiger partial charge is 0.465 e. The maximum atomic E-state index is 12.6. The van der Waals surface area contributed by atoms with Crippen LogP contribution in [0.2, 0.25) is 0 Å². The minimum atomic E-state index is -0.984. The third kappa shape index (κ3) is 3.39. The highest BCUT2D eigenvalue weighted by Crippen LogP contribution is 2.30. The monoisotopic (exact) mass is 330 g/mol.